The second-order valence-corrected chi connectivity index (χ2v) is 10.7. The van der Waals surface area contributed by atoms with Gasteiger partial charge in [-0.2, -0.15) is 13.2 Å². The van der Waals surface area contributed by atoms with Crippen LogP contribution in [0.2, 0.25) is 0 Å². The van der Waals surface area contributed by atoms with Gasteiger partial charge >= 0.3 is 12.1 Å². The van der Waals surface area contributed by atoms with Gasteiger partial charge < -0.3 is 35.3 Å². The predicted octanol–water partition coefficient (Wildman–Crippen LogP) is 5.17. The Kier molecular flexibility index (Phi) is 11.0. The molecule has 0 saturated carbocycles. The maximum atomic E-state index is 13.6. The molecular formula is C32H38F3N5O4. The summed E-state index contributed by atoms with van der Waals surface area (Å²) in [5.74, 6) is 5.26. The molecule has 0 spiro atoms. The number of carboxylic acids is 1. The molecule has 12 heteroatoms. The van der Waals surface area contributed by atoms with Gasteiger partial charge in [0.2, 0.25) is 0 Å². The Balaban J connectivity index is 1.47. The standard InChI is InChI=1S/C32H38F3N5O4/c1-36-31(43)22-11-12-27(29(19-22)44-2)37-15-6-7-24-20-25-26(8-5-9-28(25)40(24)21-32(33,34)35)38-23-13-17-39(18-14-23)16-4-3-10-30(41)42/h5,8-9,11-12,19-20,23,37-38H,3-4,10,13-18,21H2,1-2H3,(H,36,43)(H,41,42). The zero-order valence-electron chi connectivity index (χ0n) is 24.9. The van der Waals surface area contributed by atoms with Crippen molar-refractivity contribution < 1.29 is 32.6 Å². The van der Waals surface area contributed by atoms with Crippen LogP contribution in [0.3, 0.4) is 0 Å². The minimum atomic E-state index is -4.43. The van der Waals surface area contributed by atoms with E-state index in [1.165, 1.54) is 18.7 Å². The van der Waals surface area contributed by atoms with Crippen molar-refractivity contribution in [2.45, 2.75) is 50.9 Å². The Morgan fingerprint density at radius 2 is 1.86 bits per heavy atom. The normalized spacial score (nSPS) is 14.1. The maximum Gasteiger partial charge on any atom is 0.406 e. The Labute approximate surface area is 254 Å². The highest BCUT2D eigenvalue weighted by Gasteiger charge is 2.30. The molecule has 1 aromatic heterocycles. The zero-order chi connectivity index (χ0) is 31.7. The maximum absolute atomic E-state index is 13.6. The van der Waals surface area contributed by atoms with Crippen LogP contribution in [0, 0.1) is 11.8 Å². The summed E-state index contributed by atoms with van der Waals surface area (Å²) < 4.78 is 47.4. The van der Waals surface area contributed by atoms with Crippen LogP contribution in [0.4, 0.5) is 24.5 Å². The van der Waals surface area contributed by atoms with E-state index < -0.39 is 18.7 Å². The number of aliphatic carboxylic acids is 1. The number of hydrogen-bond donors (Lipinski definition) is 4. The summed E-state index contributed by atoms with van der Waals surface area (Å²) in [4.78, 5) is 25.0. The van der Waals surface area contributed by atoms with E-state index in [4.69, 9.17) is 9.84 Å². The van der Waals surface area contributed by atoms with Gasteiger partial charge in [-0.05, 0) is 74.5 Å². The third-order valence-electron chi connectivity index (χ3n) is 7.62. The quantitative estimate of drug-likeness (QED) is 0.165. The Hall–Kier alpha value is -4.37. The highest BCUT2D eigenvalue weighted by atomic mass is 19.4. The third kappa shape index (κ3) is 8.83. The first-order chi connectivity index (χ1) is 21.1. The number of rotatable bonds is 12. The third-order valence-corrected chi connectivity index (χ3v) is 7.62. The molecule has 3 aromatic rings. The monoisotopic (exact) mass is 613 g/mol. The van der Waals surface area contributed by atoms with Crippen molar-refractivity contribution in [3.63, 3.8) is 0 Å². The fraction of sp³-hybridized carbons (Fsp3) is 0.438. The number of anilines is 2. The highest BCUT2D eigenvalue weighted by molar-refractivity contribution is 5.95. The largest absolute Gasteiger partial charge is 0.495 e. The number of aromatic nitrogens is 1. The van der Waals surface area contributed by atoms with Crippen LogP contribution in [0.25, 0.3) is 10.9 Å². The molecule has 236 valence electrons. The number of halogens is 3. The Morgan fingerprint density at radius 1 is 1.09 bits per heavy atom. The first-order valence-electron chi connectivity index (χ1n) is 14.6. The Morgan fingerprint density at radius 3 is 2.55 bits per heavy atom. The van der Waals surface area contributed by atoms with Gasteiger partial charge in [-0.25, -0.2) is 0 Å². The molecule has 1 saturated heterocycles. The van der Waals surface area contributed by atoms with E-state index in [0.717, 1.165) is 44.6 Å². The van der Waals surface area contributed by atoms with E-state index in [1.54, 1.807) is 36.4 Å². The number of piperidine rings is 1. The summed E-state index contributed by atoms with van der Waals surface area (Å²) in [5, 5.41) is 18.7. The van der Waals surface area contributed by atoms with Gasteiger partial charge in [0.05, 0.1) is 30.6 Å². The molecule has 0 aliphatic carbocycles. The van der Waals surface area contributed by atoms with Crippen molar-refractivity contribution >= 4 is 34.2 Å². The second-order valence-electron chi connectivity index (χ2n) is 10.7. The number of unbranched alkanes of at least 4 members (excludes halogenated alkanes) is 1. The molecule has 0 unspecified atom stereocenters. The van der Waals surface area contributed by atoms with Crippen molar-refractivity contribution in [2.24, 2.45) is 0 Å². The first-order valence-corrected chi connectivity index (χ1v) is 14.6. The second kappa shape index (κ2) is 14.9. The number of methoxy groups -OCH3 is 1. The number of ether oxygens (including phenoxy) is 1. The minimum absolute atomic E-state index is 0.142. The van der Waals surface area contributed by atoms with Gasteiger partial charge in [-0.15, -0.1) is 0 Å². The number of amides is 1. The van der Waals surface area contributed by atoms with Gasteiger partial charge in [-0.1, -0.05) is 12.0 Å². The number of alkyl halides is 3. The average molecular weight is 614 g/mol. The number of nitrogens with one attached hydrogen (secondary N) is 3. The van der Waals surface area contributed by atoms with Crippen molar-refractivity contribution in [1.82, 2.24) is 14.8 Å². The molecule has 0 bridgehead atoms. The summed E-state index contributed by atoms with van der Waals surface area (Å²) >= 11 is 0. The van der Waals surface area contributed by atoms with E-state index in [-0.39, 0.29) is 30.6 Å². The van der Waals surface area contributed by atoms with Gasteiger partial charge in [0, 0.05) is 49.2 Å². The van der Waals surface area contributed by atoms with Gasteiger partial charge in [0.25, 0.3) is 5.91 Å². The minimum Gasteiger partial charge on any atom is -0.495 e. The summed E-state index contributed by atoms with van der Waals surface area (Å²) in [7, 11) is 3.02. The molecule has 44 heavy (non-hydrogen) atoms. The van der Waals surface area contributed by atoms with Crippen LogP contribution in [0.1, 0.15) is 48.2 Å². The smallest absolute Gasteiger partial charge is 0.406 e. The van der Waals surface area contributed by atoms with E-state index in [1.807, 2.05) is 6.07 Å². The number of carboxylic acid groups (broad SMARTS) is 1. The topological polar surface area (TPSA) is 108 Å². The number of carbonyl (C=O) groups is 2. The molecule has 0 atom stereocenters. The molecule has 9 nitrogen and oxygen atoms in total. The fourth-order valence-electron chi connectivity index (χ4n) is 5.39. The molecule has 4 N–H and O–H groups in total. The number of benzene rings is 2. The molecular weight excluding hydrogens is 575 g/mol. The van der Waals surface area contributed by atoms with Crippen molar-refractivity contribution in [1.29, 1.82) is 0 Å². The van der Waals surface area contributed by atoms with E-state index in [2.05, 4.69) is 32.7 Å². The van der Waals surface area contributed by atoms with Crippen molar-refractivity contribution in [2.75, 3.05) is 51.0 Å². The van der Waals surface area contributed by atoms with Crippen LogP contribution >= 0.6 is 0 Å². The fourth-order valence-corrected chi connectivity index (χ4v) is 5.39. The Bertz CT molecular complexity index is 1520. The number of nitrogens with zero attached hydrogens (tertiary/aromatic N) is 2. The van der Waals surface area contributed by atoms with Gasteiger partial charge in [-0.3, -0.25) is 9.59 Å². The van der Waals surface area contributed by atoms with Crippen LogP contribution in [-0.2, 0) is 11.3 Å². The zero-order valence-corrected chi connectivity index (χ0v) is 24.9. The van der Waals surface area contributed by atoms with Gasteiger partial charge in [0.15, 0.2) is 0 Å². The number of hydrogen-bond acceptors (Lipinski definition) is 6. The SMILES string of the molecule is CNC(=O)c1ccc(NCC#Cc2cc3c(NC4CCN(CCCCC(=O)O)CC4)cccc3n2CC(F)(F)F)c(OC)c1. The van der Waals surface area contributed by atoms with E-state index in [9.17, 15) is 22.8 Å². The first kappa shape index (κ1) is 32.5. The summed E-state index contributed by atoms with van der Waals surface area (Å²) in [6.07, 6.45) is -0.989. The molecule has 2 heterocycles. The molecule has 0 radical (unpaired) electrons. The lowest BCUT2D eigenvalue weighted by molar-refractivity contribution is -0.140. The van der Waals surface area contributed by atoms with E-state index >= 15 is 0 Å². The van der Waals surface area contributed by atoms with Crippen molar-refractivity contribution in [3.05, 3.63) is 53.7 Å². The lowest BCUT2D eigenvalue weighted by Crippen LogP contribution is -2.39. The average Bonchev–Trinajstić information content (AvgIpc) is 3.34. The number of carbonyl (C=O) groups excluding carboxylic acids is 1. The molecule has 1 aliphatic heterocycles. The van der Waals surface area contributed by atoms with Crippen LogP contribution in [0.5, 0.6) is 5.75 Å². The molecule has 1 amide bonds. The summed E-state index contributed by atoms with van der Waals surface area (Å²) in [5.41, 5.74) is 2.51. The lowest BCUT2D eigenvalue weighted by atomic mass is 10.0. The van der Waals surface area contributed by atoms with E-state index in [0.29, 0.717) is 34.3 Å². The molecule has 4 rings (SSSR count). The molecule has 1 fully saturated rings. The molecule has 1 aliphatic rings. The number of likely N-dealkylation sites (tertiary alicyclic amines) is 1. The number of fused-ring (bicyclic) bond motifs is 1. The predicted molar refractivity (Wildman–Crippen MR) is 164 cm³/mol. The van der Waals surface area contributed by atoms with Crippen LogP contribution < -0.4 is 20.7 Å². The molecule has 2 aromatic carbocycles. The van der Waals surface area contributed by atoms with Crippen molar-refractivity contribution in [3.8, 4) is 17.6 Å². The summed E-state index contributed by atoms with van der Waals surface area (Å²) in [6, 6.07) is 12.1. The highest BCUT2D eigenvalue weighted by Crippen LogP contribution is 2.31. The van der Waals surface area contributed by atoms with Crippen LogP contribution in [0.15, 0.2) is 42.5 Å². The van der Waals surface area contributed by atoms with Crippen LogP contribution in [-0.4, -0.2) is 79.0 Å². The lowest BCUT2D eigenvalue weighted by Gasteiger charge is -2.33. The van der Waals surface area contributed by atoms with Gasteiger partial charge in [0.1, 0.15) is 12.3 Å². The summed E-state index contributed by atoms with van der Waals surface area (Å²) in [6.45, 7) is 1.59.